The molecule has 13 heavy (non-hydrogen) atoms. The maximum atomic E-state index is 3.82. The Balaban J connectivity index is 3.89. The first-order valence-corrected chi connectivity index (χ1v) is 7.67. The zero-order valence-electron chi connectivity index (χ0n) is 9.13. The summed E-state index contributed by atoms with van der Waals surface area (Å²) in [4.78, 5) is 2.52. The van der Waals surface area contributed by atoms with Crippen LogP contribution < -0.4 is 0 Å². The molecule has 0 fully saturated rings. The molecule has 0 bridgehead atoms. The number of nitrogens with zero attached hydrogens (tertiary/aromatic N) is 1. The first-order valence-electron chi connectivity index (χ1n) is 5.22. The maximum Gasteiger partial charge on any atom is 0.0604 e. The standard InChI is InChI=1S/C11H23NSi/c1-5-9-13(10-6-2)11-12(7-3)8-4/h5-6,13H,1-2,7-11H2,3-4H3. The van der Waals surface area contributed by atoms with Crippen LogP contribution in [0.5, 0.6) is 0 Å². The van der Waals surface area contributed by atoms with Crippen LogP contribution in [-0.4, -0.2) is 33.0 Å². The predicted octanol–water partition coefficient (Wildman–Crippen LogP) is 2.47. The molecule has 0 radical (unpaired) electrons. The van der Waals surface area contributed by atoms with E-state index in [0.717, 1.165) is 0 Å². The maximum absolute atomic E-state index is 3.82. The molecule has 0 amide bonds. The topological polar surface area (TPSA) is 3.24 Å². The molecule has 0 aliphatic heterocycles. The van der Waals surface area contributed by atoms with Crippen LogP contribution in [0.15, 0.2) is 25.3 Å². The van der Waals surface area contributed by atoms with E-state index >= 15 is 0 Å². The normalized spacial score (nSPS) is 10.8. The lowest BCUT2D eigenvalue weighted by Crippen LogP contribution is -2.34. The van der Waals surface area contributed by atoms with Crippen molar-refractivity contribution in [1.29, 1.82) is 0 Å². The highest BCUT2D eigenvalue weighted by Gasteiger charge is 2.10. The van der Waals surface area contributed by atoms with Gasteiger partial charge in [-0.2, -0.15) is 0 Å². The van der Waals surface area contributed by atoms with Crippen LogP contribution in [0.2, 0.25) is 12.1 Å². The molecular formula is C11H23NSi. The van der Waals surface area contributed by atoms with Crippen molar-refractivity contribution in [2.75, 3.05) is 19.3 Å². The van der Waals surface area contributed by atoms with Crippen LogP contribution in [-0.2, 0) is 0 Å². The summed E-state index contributed by atoms with van der Waals surface area (Å²) < 4.78 is 0. The molecule has 0 N–H and O–H groups in total. The van der Waals surface area contributed by atoms with Crippen molar-refractivity contribution in [1.82, 2.24) is 4.90 Å². The van der Waals surface area contributed by atoms with Crippen molar-refractivity contribution < 1.29 is 0 Å². The van der Waals surface area contributed by atoms with E-state index in [2.05, 4.69) is 44.1 Å². The summed E-state index contributed by atoms with van der Waals surface area (Å²) in [6.07, 6.45) is 5.46. The molecule has 0 aromatic rings. The molecule has 76 valence electrons. The van der Waals surface area contributed by atoms with Crippen molar-refractivity contribution in [3.63, 3.8) is 0 Å². The number of hydrogen-bond donors (Lipinski definition) is 0. The molecule has 0 atom stereocenters. The summed E-state index contributed by atoms with van der Waals surface area (Å²) >= 11 is 0. The molecule has 0 rings (SSSR count). The summed E-state index contributed by atoms with van der Waals surface area (Å²) in [5.74, 6) is 0. The van der Waals surface area contributed by atoms with E-state index in [1.807, 2.05) is 0 Å². The first-order chi connectivity index (χ1) is 6.28. The van der Waals surface area contributed by atoms with E-state index in [4.69, 9.17) is 0 Å². The fraction of sp³-hybridized carbons (Fsp3) is 0.636. The van der Waals surface area contributed by atoms with Gasteiger partial charge in [0.05, 0.1) is 8.80 Å². The summed E-state index contributed by atoms with van der Waals surface area (Å²) in [6, 6.07) is 2.48. The number of hydrogen-bond acceptors (Lipinski definition) is 1. The lowest BCUT2D eigenvalue weighted by molar-refractivity contribution is 0.350. The van der Waals surface area contributed by atoms with Crippen LogP contribution in [0, 0.1) is 0 Å². The van der Waals surface area contributed by atoms with Crippen LogP contribution in [0.4, 0.5) is 0 Å². The summed E-state index contributed by atoms with van der Waals surface area (Å²) in [5.41, 5.74) is 0. The molecule has 0 saturated carbocycles. The Hall–Kier alpha value is -0.343. The van der Waals surface area contributed by atoms with Gasteiger partial charge in [-0.25, -0.2) is 0 Å². The Morgan fingerprint density at radius 2 is 1.54 bits per heavy atom. The SMILES string of the molecule is C=CC[SiH](CC=C)CN(CC)CC. The second-order valence-electron chi connectivity index (χ2n) is 3.40. The molecule has 0 aromatic heterocycles. The number of rotatable bonds is 8. The van der Waals surface area contributed by atoms with Gasteiger partial charge in [0.25, 0.3) is 0 Å². The van der Waals surface area contributed by atoms with E-state index in [9.17, 15) is 0 Å². The van der Waals surface area contributed by atoms with Gasteiger partial charge in [0, 0.05) is 0 Å². The summed E-state index contributed by atoms with van der Waals surface area (Å²) in [6.45, 7) is 14.5. The summed E-state index contributed by atoms with van der Waals surface area (Å²) in [5, 5.41) is 0. The van der Waals surface area contributed by atoms with E-state index in [1.165, 1.54) is 31.3 Å². The van der Waals surface area contributed by atoms with Crippen molar-refractivity contribution in [2.45, 2.75) is 25.9 Å². The molecule has 1 nitrogen and oxygen atoms in total. The molecule has 0 aliphatic carbocycles. The molecular weight excluding hydrogens is 174 g/mol. The highest BCUT2D eigenvalue weighted by Crippen LogP contribution is 2.03. The Kier molecular flexibility index (Phi) is 8.05. The van der Waals surface area contributed by atoms with Gasteiger partial charge >= 0.3 is 0 Å². The van der Waals surface area contributed by atoms with Crippen LogP contribution in [0.3, 0.4) is 0 Å². The highest BCUT2D eigenvalue weighted by atomic mass is 28.3. The third-order valence-corrected chi connectivity index (χ3v) is 5.44. The zero-order valence-corrected chi connectivity index (χ0v) is 10.3. The Morgan fingerprint density at radius 3 is 1.85 bits per heavy atom. The number of allylic oxidation sites excluding steroid dienone is 2. The van der Waals surface area contributed by atoms with Gasteiger partial charge in [0.15, 0.2) is 0 Å². The average Bonchev–Trinajstić information content (AvgIpc) is 2.14. The zero-order chi connectivity index (χ0) is 10.1. The molecule has 0 heterocycles. The van der Waals surface area contributed by atoms with Gasteiger partial charge in [-0.15, -0.1) is 13.2 Å². The van der Waals surface area contributed by atoms with Crippen molar-refractivity contribution in [2.24, 2.45) is 0 Å². The smallest absolute Gasteiger partial charge is 0.0604 e. The first kappa shape index (κ1) is 12.7. The van der Waals surface area contributed by atoms with Crippen molar-refractivity contribution in [3.8, 4) is 0 Å². The van der Waals surface area contributed by atoms with Crippen molar-refractivity contribution >= 4 is 8.80 Å². The fourth-order valence-electron chi connectivity index (χ4n) is 1.56. The van der Waals surface area contributed by atoms with Gasteiger partial charge in [0.2, 0.25) is 0 Å². The Morgan fingerprint density at radius 1 is 1.08 bits per heavy atom. The fourth-order valence-corrected chi connectivity index (χ4v) is 4.24. The van der Waals surface area contributed by atoms with Crippen LogP contribution in [0.25, 0.3) is 0 Å². The van der Waals surface area contributed by atoms with E-state index in [-0.39, 0.29) is 0 Å². The largest absolute Gasteiger partial charge is 0.307 e. The molecule has 0 saturated heterocycles. The minimum absolute atomic E-state index is 0.637. The van der Waals surface area contributed by atoms with Crippen LogP contribution in [0.1, 0.15) is 13.8 Å². The summed E-state index contributed by atoms with van der Waals surface area (Å²) in [7, 11) is -0.637. The van der Waals surface area contributed by atoms with Gasteiger partial charge in [-0.05, 0) is 31.3 Å². The van der Waals surface area contributed by atoms with Crippen LogP contribution >= 0.6 is 0 Å². The monoisotopic (exact) mass is 197 g/mol. The van der Waals surface area contributed by atoms with Gasteiger partial charge < -0.3 is 4.90 Å². The van der Waals surface area contributed by atoms with E-state index < -0.39 is 8.80 Å². The predicted molar refractivity (Wildman–Crippen MR) is 64.9 cm³/mol. The third kappa shape index (κ3) is 5.83. The van der Waals surface area contributed by atoms with Gasteiger partial charge in [-0.1, -0.05) is 26.0 Å². The van der Waals surface area contributed by atoms with Crippen molar-refractivity contribution in [3.05, 3.63) is 25.3 Å². The minimum Gasteiger partial charge on any atom is -0.307 e. The van der Waals surface area contributed by atoms with Gasteiger partial charge in [0.1, 0.15) is 0 Å². The molecule has 2 heteroatoms. The molecule has 0 spiro atoms. The third-order valence-electron chi connectivity index (χ3n) is 2.41. The molecule has 0 aromatic carbocycles. The average molecular weight is 197 g/mol. The molecule has 0 aliphatic rings. The highest BCUT2D eigenvalue weighted by molar-refractivity contribution is 6.60. The lowest BCUT2D eigenvalue weighted by atomic mass is 10.6. The second-order valence-corrected chi connectivity index (χ2v) is 6.44. The Labute approximate surface area is 84.7 Å². The van der Waals surface area contributed by atoms with Gasteiger partial charge in [-0.3, -0.25) is 0 Å². The lowest BCUT2D eigenvalue weighted by Gasteiger charge is -2.22. The van der Waals surface area contributed by atoms with E-state index in [0.29, 0.717) is 0 Å². The Bertz CT molecular complexity index is 131. The molecule has 0 unspecified atom stereocenters. The second kappa shape index (κ2) is 8.26. The minimum atomic E-state index is -0.637. The van der Waals surface area contributed by atoms with E-state index in [1.54, 1.807) is 0 Å². The quantitative estimate of drug-likeness (QED) is 0.427.